The lowest BCUT2D eigenvalue weighted by atomic mass is 10.1. The van der Waals surface area contributed by atoms with E-state index in [9.17, 15) is 13.2 Å². The molecule has 2 rings (SSSR count). The molecule has 26 heavy (non-hydrogen) atoms. The molecule has 140 valence electrons. The molecule has 0 saturated carbocycles. The molecule has 2 aromatic rings. The van der Waals surface area contributed by atoms with E-state index in [1.807, 2.05) is 30.3 Å². The van der Waals surface area contributed by atoms with Crippen LogP contribution in [0, 0.1) is 0 Å². The number of hydrogen-bond donors (Lipinski definition) is 2. The molecule has 0 fully saturated rings. The van der Waals surface area contributed by atoms with Gasteiger partial charge in [0.1, 0.15) is 5.75 Å². The van der Waals surface area contributed by atoms with Crippen LogP contribution in [-0.4, -0.2) is 34.5 Å². The number of methoxy groups -OCH3 is 1. The fraction of sp³-hybridized carbons (Fsp3) is 0.278. The van der Waals surface area contributed by atoms with Crippen molar-refractivity contribution in [1.29, 1.82) is 0 Å². The van der Waals surface area contributed by atoms with E-state index in [0.29, 0.717) is 29.3 Å². The first-order valence-corrected chi connectivity index (χ1v) is 10.0. The van der Waals surface area contributed by atoms with Gasteiger partial charge in [0, 0.05) is 17.1 Å². The number of halogens is 1. The van der Waals surface area contributed by atoms with E-state index in [-0.39, 0.29) is 18.2 Å². The highest BCUT2D eigenvalue weighted by molar-refractivity contribution is 7.88. The Bertz CT molecular complexity index is 842. The van der Waals surface area contributed by atoms with Crippen LogP contribution in [0.5, 0.6) is 5.75 Å². The van der Waals surface area contributed by atoms with Crippen LogP contribution in [0.25, 0.3) is 0 Å². The Hall–Kier alpha value is -2.09. The van der Waals surface area contributed by atoms with E-state index >= 15 is 0 Å². The first-order valence-electron chi connectivity index (χ1n) is 8.00. The first-order chi connectivity index (χ1) is 12.4. The van der Waals surface area contributed by atoms with Crippen molar-refractivity contribution in [2.24, 2.45) is 0 Å². The van der Waals surface area contributed by atoms with Gasteiger partial charge in [0.15, 0.2) is 0 Å². The van der Waals surface area contributed by atoms with Gasteiger partial charge in [-0.3, -0.25) is 4.79 Å². The maximum atomic E-state index is 12.2. The summed E-state index contributed by atoms with van der Waals surface area (Å²) in [6, 6.07) is 14.4. The quantitative estimate of drug-likeness (QED) is 0.680. The molecule has 1 amide bonds. The molecule has 0 aliphatic rings. The number of benzene rings is 2. The second kappa shape index (κ2) is 9.56. The van der Waals surface area contributed by atoms with Crippen LogP contribution in [0.15, 0.2) is 48.5 Å². The minimum atomic E-state index is -3.71. The van der Waals surface area contributed by atoms with E-state index in [0.717, 1.165) is 5.56 Å². The molecule has 0 aliphatic heterocycles. The number of rotatable bonds is 9. The summed E-state index contributed by atoms with van der Waals surface area (Å²) in [6.45, 7) is 0.118. The van der Waals surface area contributed by atoms with Gasteiger partial charge in [-0.2, -0.15) is 0 Å². The standard InChI is InChI=1S/C18H21ClN2O4S/c1-25-17-8-7-16(19)11-15(17)13-26(23,24)21-12-18(22)20-10-9-14-5-3-2-4-6-14/h2-8,11,21H,9-10,12-13H2,1H3,(H,20,22). The van der Waals surface area contributed by atoms with Crippen molar-refractivity contribution in [3.05, 3.63) is 64.7 Å². The van der Waals surface area contributed by atoms with Crippen LogP contribution in [0.4, 0.5) is 0 Å². The highest BCUT2D eigenvalue weighted by atomic mass is 35.5. The summed E-state index contributed by atoms with van der Waals surface area (Å²) in [6.07, 6.45) is 0.680. The van der Waals surface area contributed by atoms with Gasteiger partial charge in [-0.1, -0.05) is 41.9 Å². The molecule has 0 heterocycles. The summed E-state index contributed by atoms with van der Waals surface area (Å²) in [7, 11) is -2.25. The first kappa shape index (κ1) is 20.2. The molecular weight excluding hydrogens is 376 g/mol. The fourth-order valence-corrected chi connectivity index (χ4v) is 3.63. The van der Waals surface area contributed by atoms with E-state index in [1.54, 1.807) is 12.1 Å². The van der Waals surface area contributed by atoms with Crippen molar-refractivity contribution in [3.63, 3.8) is 0 Å². The van der Waals surface area contributed by atoms with E-state index in [4.69, 9.17) is 16.3 Å². The Kier molecular flexibility index (Phi) is 7.44. The normalized spacial score (nSPS) is 11.2. The SMILES string of the molecule is COc1ccc(Cl)cc1CS(=O)(=O)NCC(=O)NCCc1ccccc1. The van der Waals surface area contributed by atoms with Crippen molar-refractivity contribution >= 4 is 27.5 Å². The summed E-state index contributed by atoms with van der Waals surface area (Å²) in [5.74, 6) is -0.289. The maximum absolute atomic E-state index is 12.2. The molecule has 0 saturated heterocycles. The highest BCUT2D eigenvalue weighted by Gasteiger charge is 2.16. The molecule has 0 aliphatic carbocycles. The maximum Gasteiger partial charge on any atom is 0.235 e. The third-order valence-corrected chi connectivity index (χ3v) is 5.13. The zero-order chi connectivity index (χ0) is 19.0. The molecule has 0 radical (unpaired) electrons. The van der Waals surface area contributed by atoms with Crippen molar-refractivity contribution in [1.82, 2.24) is 10.0 Å². The number of sulfonamides is 1. The van der Waals surface area contributed by atoms with Crippen LogP contribution in [0.3, 0.4) is 0 Å². The Balaban J connectivity index is 1.82. The second-order valence-electron chi connectivity index (χ2n) is 5.62. The molecule has 2 N–H and O–H groups in total. The smallest absolute Gasteiger partial charge is 0.235 e. The number of amides is 1. The minimum Gasteiger partial charge on any atom is -0.496 e. The molecule has 6 nitrogen and oxygen atoms in total. The van der Waals surface area contributed by atoms with E-state index < -0.39 is 10.0 Å². The monoisotopic (exact) mass is 396 g/mol. The Morgan fingerprint density at radius 3 is 2.58 bits per heavy atom. The number of carbonyl (C=O) groups excluding carboxylic acids is 1. The number of carbonyl (C=O) groups is 1. The topological polar surface area (TPSA) is 84.5 Å². The van der Waals surface area contributed by atoms with Crippen LogP contribution in [-0.2, 0) is 27.0 Å². The number of hydrogen-bond acceptors (Lipinski definition) is 4. The van der Waals surface area contributed by atoms with Crippen molar-refractivity contribution in [2.75, 3.05) is 20.2 Å². The van der Waals surface area contributed by atoms with Crippen LogP contribution in [0.1, 0.15) is 11.1 Å². The van der Waals surface area contributed by atoms with Crippen molar-refractivity contribution in [3.8, 4) is 5.75 Å². The Morgan fingerprint density at radius 2 is 1.88 bits per heavy atom. The summed E-state index contributed by atoms with van der Waals surface area (Å²) in [5, 5.41) is 3.10. The minimum absolute atomic E-state index is 0.319. The van der Waals surface area contributed by atoms with Gasteiger partial charge >= 0.3 is 0 Å². The molecule has 2 aromatic carbocycles. The van der Waals surface area contributed by atoms with Crippen LogP contribution < -0.4 is 14.8 Å². The molecule has 0 atom stereocenters. The van der Waals surface area contributed by atoms with Gasteiger partial charge in [-0.15, -0.1) is 0 Å². The predicted octanol–water partition coefficient (Wildman–Crippen LogP) is 2.13. The summed E-state index contributed by atoms with van der Waals surface area (Å²) >= 11 is 5.90. The number of nitrogens with one attached hydrogen (secondary N) is 2. The number of ether oxygens (including phenoxy) is 1. The summed E-state index contributed by atoms with van der Waals surface area (Å²) in [5.41, 5.74) is 1.53. The Morgan fingerprint density at radius 1 is 1.15 bits per heavy atom. The third-order valence-electron chi connectivity index (χ3n) is 3.62. The molecule has 0 unspecified atom stereocenters. The van der Waals surface area contributed by atoms with Gasteiger partial charge < -0.3 is 10.1 Å². The van der Waals surface area contributed by atoms with Crippen LogP contribution in [0.2, 0.25) is 5.02 Å². The average Bonchev–Trinajstić information content (AvgIpc) is 2.61. The lowest BCUT2D eigenvalue weighted by molar-refractivity contribution is -0.119. The second-order valence-corrected chi connectivity index (χ2v) is 7.87. The Labute approximate surface area is 158 Å². The summed E-state index contributed by atoms with van der Waals surface area (Å²) in [4.78, 5) is 11.8. The van der Waals surface area contributed by atoms with Crippen LogP contribution >= 0.6 is 11.6 Å². The highest BCUT2D eigenvalue weighted by Crippen LogP contribution is 2.24. The largest absolute Gasteiger partial charge is 0.496 e. The lowest BCUT2D eigenvalue weighted by Gasteiger charge is -2.11. The molecule has 0 aromatic heterocycles. The fourth-order valence-electron chi connectivity index (χ4n) is 2.34. The molecule has 0 spiro atoms. The van der Waals surface area contributed by atoms with Crippen molar-refractivity contribution in [2.45, 2.75) is 12.2 Å². The predicted molar refractivity (Wildman–Crippen MR) is 102 cm³/mol. The van der Waals surface area contributed by atoms with Gasteiger partial charge in [0.2, 0.25) is 15.9 Å². The zero-order valence-electron chi connectivity index (χ0n) is 14.4. The van der Waals surface area contributed by atoms with Gasteiger partial charge in [-0.05, 0) is 30.2 Å². The lowest BCUT2D eigenvalue weighted by Crippen LogP contribution is -2.38. The van der Waals surface area contributed by atoms with Gasteiger partial charge in [-0.25, -0.2) is 13.1 Å². The van der Waals surface area contributed by atoms with E-state index in [1.165, 1.54) is 13.2 Å². The third kappa shape index (κ3) is 6.67. The van der Waals surface area contributed by atoms with Gasteiger partial charge in [0.05, 0.1) is 19.4 Å². The molecule has 0 bridgehead atoms. The zero-order valence-corrected chi connectivity index (χ0v) is 15.9. The summed E-state index contributed by atoms with van der Waals surface area (Å²) < 4.78 is 31.8. The van der Waals surface area contributed by atoms with E-state index in [2.05, 4.69) is 10.0 Å². The van der Waals surface area contributed by atoms with Crippen molar-refractivity contribution < 1.29 is 17.9 Å². The average molecular weight is 397 g/mol. The molecule has 8 heteroatoms. The van der Waals surface area contributed by atoms with Gasteiger partial charge in [0.25, 0.3) is 0 Å². The molecular formula is C18H21ClN2O4S.